The first-order valence-corrected chi connectivity index (χ1v) is 8.85. The monoisotopic (exact) mass is 351 g/mol. The van der Waals surface area contributed by atoms with Crippen molar-refractivity contribution in [3.8, 4) is 0 Å². The number of rotatable bonds is 6. The number of amides is 2. The number of nitrogens with zero attached hydrogens (tertiary/aromatic N) is 1. The molecular weight excluding hydrogens is 326 g/mol. The van der Waals surface area contributed by atoms with Gasteiger partial charge in [-0.2, -0.15) is 0 Å². The van der Waals surface area contributed by atoms with Crippen LogP contribution in [0.4, 0.5) is 5.69 Å². The Kier molecular flexibility index (Phi) is 7.06. The van der Waals surface area contributed by atoms with Crippen LogP contribution in [0.5, 0.6) is 0 Å². The van der Waals surface area contributed by atoms with Crippen molar-refractivity contribution in [1.82, 2.24) is 10.2 Å². The summed E-state index contributed by atoms with van der Waals surface area (Å²) in [5.74, 6) is 0.357. The van der Waals surface area contributed by atoms with Crippen molar-refractivity contribution in [3.63, 3.8) is 0 Å². The Morgan fingerprint density at radius 1 is 1.12 bits per heavy atom. The minimum absolute atomic E-state index is 0.0180. The molecule has 1 fully saturated rings. The molecule has 0 aromatic heterocycles. The summed E-state index contributed by atoms with van der Waals surface area (Å²) in [6.07, 6.45) is 4.64. The minimum Gasteiger partial charge on any atom is -0.352 e. The quantitative estimate of drug-likeness (QED) is 0.828. The highest BCUT2D eigenvalue weighted by molar-refractivity contribution is 6.30. The molecule has 2 N–H and O–H groups in total. The number of likely N-dealkylation sites (N-methyl/N-ethyl adjacent to an activating group) is 1. The lowest BCUT2D eigenvalue weighted by Crippen LogP contribution is -2.46. The summed E-state index contributed by atoms with van der Waals surface area (Å²) in [5, 5.41) is 6.52. The first-order valence-electron chi connectivity index (χ1n) is 8.47. The molecular formula is C18H26ClN3O2. The van der Waals surface area contributed by atoms with Gasteiger partial charge in [-0.3, -0.25) is 14.5 Å². The normalized spacial score (nSPS) is 20.7. The van der Waals surface area contributed by atoms with Crippen LogP contribution < -0.4 is 10.6 Å². The molecule has 1 aliphatic carbocycles. The van der Waals surface area contributed by atoms with E-state index in [4.69, 9.17) is 11.6 Å². The summed E-state index contributed by atoms with van der Waals surface area (Å²) in [6.45, 7) is 2.57. The molecule has 0 aliphatic heterocycles. The van der Waals surface area contributed by atoms with Crippen molar-refractivity contribution >= 4 is 29.1 Å². The van der Waals surface area contributed by atoms with E-state index in [1.165, 1.54) is 19.3 Å². The summed E-state index contributed by atoms with van der Waals surface area (Å²) < 4.78 is 0. The molecule has 0 bridgehead atoms. The predicted octanol–water partition coefficient (Wildman–Crippen LogP) is 2.91. The van der Waals surface area contributed by atoms with E-state index in [1.54, 1.807) is 36.2 Å². The van der Waals surface area contributed by atoms with Gasteiger partial charge < -0.3 is 10.6 Å². The number of nitrogens with one attached hydrogen (secondary N) is 2. The lowest BCUT2D eigenvalue weighted by molar-refractivity contribution is -0.124. The molecule has 24 heavy (non-hydrogen) atoms. The highest BCUT2D eigenvalue weighted by Gasteiger charge is 2.23. The highest BCUT2D eigenvalue weighted by atomic mass is 35.5. The molecule has 132 valence electrons. The van der Waals surface area contributed by atoms with Crippen molar-refractivity contribution in [1.29, 1.82) is 0 Å². The fraction of sp³-hybridized carbons (Fsp3) is 0.556. The third-order valence-corrected chi connectivity index (χ3v) is 4.66. The number of benzene rings is 1. The molecule has 1 aliphatic rings. The van der Waals surface area contributed by atoms with Crippen molar-refractivity contribution in [2.75, 3.05) is 25.5 Å². The van der Waals surface area contributed by atoms with Crippen molar-refractivity contribution in [2.45, 2.75) is 38.6 Å². The Bertz CT molecular complexity index is 562. The molecule has 0 radical (unpaired) electrons. The van der Waals surface area contributed by atoms with Crippen LogP contribution in [0.25, 0.3) is 0 Å². The second-order valence-corrected chi connectivity index (χ2v) is 7.10. The number of anilines is 1. The third-order valence-electron chi connectivity index (χ3n) is 4.41. The van der Waals surface area contributed by atoms with E-state index in [1.807, 2.05) is 0 Å². The molecule has 5 nitrogen and oxygen atoms in total. The zero-order valence-corrected chi connectivity index (χ0v) is 15.1. The van der Waals surface area contributed by atoms with Crippen molar-refractivity contribution in [2.24, 2.45) is 5.92 Å². The fourth-order valence-electron chi connectivity index (χ4n) is 3.06. The third kappa shape index (κ3) is 6.13. The van der Waals surface area contributed by atoms with Crippen LogP contribution in [0, 0.1) is 5.92 Å². The van der Waals surface area contributed by atoms with Crippen LogP contribution in [-0.4, -0.2) is 42.9 Å². The van der Waals surface area contributed by atoms with Gasteiger partial charge in [-0.05, 0) is 50.1 Å². The van der Waals surface area contributed by atoms with E-state index in [9.17, 15) is 9.59 Å². The van der Waals surface area contributed by atoms with Gasteiger partial charge in [-0.15, -0.1) is 0 Å². The maximum Gasteiger partial charge on any atom is 0.238 e. The van der Waals surface area contributed by atoms with Gasteiger partial charge in [-0.1, -0.05) is 31.4 Å². The number of carbonyl (C=O) groups is 2. The average molecular weight is 352 g/mol. The maximum atomic E-state index is 12.1. The fourth-order valence-corrected chi connectivity index (χ4v) is 3.19. The number of carbonyl (C=O) groups excluding carboxylic acids is 2. The molecule has 1 aromatic carbocycles. The van der Waals surface area contributed by atoms with Crippen LogP contribution in [-0.2, 0) is 9.59 Å². The summed E-state index contributed by atoms with van der Waals surface area (Å²) in [5.41, 5.74) is 0.693. The second-order valence-electron chi connectivity index (χ2n) is 6.66. The first-order chi connectivity index (χ1) is 11.4. The first kappa shape index (κ1) is 18.7. The summed E-state index contributed by atoms with van der Waals surface area (Å²) in [7, 11) is 1.77. The predicted molar refractivity (Wildman–Crippen MR) is 97.1 cm³/mol. The smallest absolute Gasteiger partial charge is 0.238 e. The largest absolute Gasteiger partial charge is 0.352 e. The SMILES string of the molecule is C[C@@H]1CCCC[C@H]1NC(=O)CN(C)CC(=O)Nc1ccc(Cl)cc1. The molecule has 0 heterocycles. The highest BCUT2D eigenvalue weighted by Crippen LogP contribution is 2.23. The van der Waals surface area contributed by atoms with Gasteiger partial charge in [0.05, 0.1) is 13.1 Å². The van der Waals surface area contributed by atoms with Gasteiger partial charge in [0, 0.05) is 16.8 Å². The molecule has 0 unspecified atom stereocenters. The van der Waals surface area contributed by atoms with Crippen LogP contribution in [0.2, 0.25) is 5.02 Å². The number of halogens is 1. The van der Waals surface area contributed by atoms with Gasteiger partial charge >= 0.3 is 0 Å². The van der Waals surface area contributed by atoms with E-state index in [-0.39, 0.29) is 30.9 Å². The van der Waals surface area contributed by atoms with E-state index in [2.05, 4.69) is 17.6 Å². The van der Waals surface area contributed by atoms with Gasteiger partial charge in [0.2, 0.25) is 11.8 Å². The summed E-state index contributed by atoms with van der Waals surface area (Å²) in [6, 6.07) is 7.20. The van der Waals surface area contributed by atoms with Gasteiger partial charge in [0.1, 0.15) is 0 Å². The van der Waals surface area contributed by atoms with E-state index in [0.717, 1.165) is 6.42 Å². The molecule has 1 saturated carbocycles. The van der Waals surface area contributed by atoms with Crippen LogP contribution in [0.15, 0.2) is 24.3 Å². The Hall–Kier alpha value is -1.59. The van der Waals surface area contributed by atoms with Gasteiger partial charge in [0.15, 0.2) is 0 Å². The van der Waals surface area contributed by atoms with Crippen LogP contribution >= 0.6 is 11.6 Å². The lowest BCUT2D eigenvalue weighted by Gasteiger charge is -2.30. The summed E-state index contributed by atoms with van der Waals surface area (Å²) >= 11 is 5.81. The zero-order chi connectivity index (χ0) is 17.5. The van der Waals surface area contributed by atoms with E-state index < -0.39 is 0 Å². The lowest BCUT2D eigenvalue weighted by atomic mass is 9.86. The van der Waals surface area contributed by atoms with E-state index >= 15 is 0 Å². The molecule has 0 saturated heterocycles. The Balaban J connectivity index is 1.73. The standard InChI is InChI=1S/C18H26ClN3O2/c1-13-5-3-4-6-16(13)21-18(24)12-22(2)11-17(23)20-15-9-7-14(19)8-10-15/h7-10,13,16H,3-6,11-12H2,1-2H3,(H,20,23)(H,21,24)/t13-,16-/m1/s1. The number of hydrogen-bond acceptors (Lipinski definition) is 3. The zero-order valence-electron chi connectivity index (χ0n) is 14.3. The topological polar surface area (TPSA) is 61.4 Å². The molecule has 2 amide bonds. The molecule has 1 aromatic rings. The Morgan fingerprint density at radius 3 is 2.42 bits per heavy atom. The molecule has 6 heteroatoms. The van der Waals surface area contributed by atoms with Crippen LogP contribution in [0.3, 0.4) is 0 Å². The van der Waals surface area contributed by atoms with Gasteiger partial charge in [-0.25, -0.2) is 0 Å². The van der Waals surface area contributed by atoms with Gasteiger partial charge in [0.25, 0.3) is 0 Å². The number of hydrogen-bond donors (Lipinski definition) is 2. The van der Waals surface area contributed by atoms with Crippen molar-refractivity contribution in [3.05, 3.63) is 29.3 Å². The molecule has 0 spiro atoms. The maximum absolute atomic E-state index is 12.1. The average Bonchev–Trinajstić information content (AvgIpc) is 2.51. The Morgan fingerprint density at radius 2 is 1.75 bits per heavy atom. The minimum atomic E-state index is -0.154. The molecule has 2 rings (SSSR count). The summed E-state index contributed by atoms with van der Waals surface area (Å²) in [4.78, 5) is 25.9. The molecule has 2 atom stereocenters. The van der Waals surface area contributed by atoms with Crippen molar-refractivity contribution < 1.29 is 9.59 Å². The van der Waals surface area contributed by atoms with Crippen LogP contribution in [0.1, 0.15) is 32.6 Å². The van der Waals surface area contributed by atoms with E-state index in [0.29, 0.717) is 16.6 Å². The second kappa shape index (κ2) is 9.04. The Labute approximate surface area is 148 Å².